The van der Waals surface area contributed by atoms with Crippen LogP contribution in [0.1, 0.15) is 0 Å². The van der Waals surface area contributed by atoms with E-state index in [2.05, 4.69) is 0 Å². The summed E-state index contributed by atoms with van der Waals surface area (Å²) in [7, 11) is 1.57. The fraction of sp³-hybridized carbons (Fsp3) is 0.167. The molecule has 0 aliphatic rings. The van der Waals surface area contributed by atoms with Crippen molar-refractivity contribution in [1.29, 1.82) is 0 Å². The molecule has 0 saturated carbocycles. The third kappa shape index (κ3) is 0.834. The molecule has 1 aromatic rings. The van der Waals surface area contributed by atoms with Crippen molar-refractivity contribution < 1.29 is 5.11 Å². The second-order valence-corrected chi connectivity index (χ2v) is 2.03. The highest BCUT2D eigenvalue weighted by Gasteiger charge is 2.00. The molecule has 0 unspecified atom stereocenters. The summed E-state index contributed by atoms with van der Waals surface area (Å²) in [6.07, 6.45) is 1.45. The van der Waals surface area contributed by atoms with Crippen LogP contribution in [0.3, 0.4) is 0 Å². The summed E-state index contributed by atoms with van der Waals surface area (Å²) in [5, 5.41) is 8.89. The van der Waals surface area contributed by atoms with Gasteiger partial charge < -0.3 is 15.4 Å². The largest absolute Gasteiger partial charge is 0.506 e. The van der Waals surface area contributed by atoms with Gasteiger partial charge in [-0.15, -0.1) is 0 Å². The Hall–Kier alpha value is -1.45. The molecule has 0 saturated heterocycles. The summed E-state index contributed by atoms with van der Waals surface area (Å²) >= 11 is 0. The van der Waals surface area contributed by atoms with Crippen molar-refractivity contribution in [2.24, 2.45) is 7.05 Å². The lowest BCUT2D eigenvalue weighted by Gasteiger charge is -1.99. The van der Waals surface area contributed by atoms with E-state index in [4.69, 9.17) is 10.8 Å². The van der Waals surface area contributed by atoms with Crippen LogP contribution in [-0.2, 0) is 7.05 Å². The van der Waals surface area contributed by atoms with Gasteiger partial charge in [0.2, 0.25) is 0 Å². The van der Waals surface area contributed by atoms with Crippen LogP contribution in [0, 0.1) is 0 Å². The molecule has 0 aromatic carbocycles. The number of rotatable bonds is 0. The average Bonchev–Trinajstić information content (AvgIpc) is 1.93. The second kappa shape index (κ2) is 2.06. The molecule has 1 aromatic heterocycles. The lowest BCUT2D eigenvalue weighted by molar-refractivity contribution is 0.475. The molecule has 0 aliphatic carbocycles. The Balaban J connectivity index is 3.50. The summed E-state index contributed by atoms with van der Waals surface area (Å²) in [6.45, 7) is 0. The molecule has 0 amide bonds. The highest BCUT2D eigenvalue weighted by atomic mass is 16.3. The van der Waals surface area contributed by atoms with Gasteiger partial charge in [-0.05, 0) is 6.07 Å². The maximum Gasteiger partial charge on any atom is 0.277 e. The molecule has 0 spiro atoms. The summed E-state index contributed by atoms with van der Waals surface area (Å²) in [6, 6.07) is 1.37. The molecule has 0 atom stereocenters. The van der Waals surface area contributed by atoms with Crippen molar-refractivity contribution >= 4 is 5.69 Å². The van der Waals surface area contributed by atoms with Gasteiger partial charge in [0.1, 0.15) is 11.4 Å². The van der Waals surface area contributed by atoms with E-state index in [1.807, 2.05) is 0 Å². The Morgan fingerprint density at radius 3 is 2.80 bits per heavy atom. The molecule has 0 radical (unpaired) electrons. The molecule has 4 nitrogen and oxygen atoms in total. The summed E-state index contributed by atoms with van der Waals surface area (Å²) in [4.78, 5) is 10.9. The summed E-state index contributed by atoms with van der Waals surface area (Å²) in [5.74, 6) is -0.164. The Kier molecular flexibility index (Phi) is 1.37. The van der Waals surface area contributed by atoms with Crippen LogP contribution in [0.2, 0.25) is 0 Å². The van der Waals surface area contributed by atoms with Gasteiger partial charge in [-0.2, -0.15) is 0 Å². The maximum absolute atomic E-state index is 10.9. The van der Waals surface area contributed by atoms with Gasteiger partial charge >= 0.3 is 0 Å². The lowest BCUT2D eigenvalue weighted by atomic mass is 10.4. The fourth-order valence-electron chi connectivity index (χ4n) is 0.639. The number of hydrogen-bond acceptors (Lipinski definition) is 3. The number of aromatic nitrogens is 1. The van der Waals surface area contributed by atoms with Gasteiger partial charge in [0, 0.05) is 13.2 Å². The van der Waals surface area contributed by atoms with Gasteiger partial charge in [-0.25, -0.2) is 0 Å². The van der Waals surface area contributed by atoms with Gasteiger partial charge in [-0.3, -0.25) is 4.79 Å². The van der Waals surface area contributed by atoms with Gasteiger partial charge in [-0.1, -0.05) is 0 Å². The summed E-state index contributed by atoms with van der Waals surface area (Å²) < 4.78 is 1.30. The van der Waals surface area contributed by atoms with E-state index in [0.29, 0.717) is 0 Å². The molecule has 10 heavy (non-hydrogen) atoms. The van der Waals surface area contributed by atoms with Crippen molar-refractivity contribution in [3.05, 3.63) is 22.6 Å². The first-order chi connectivity index (χ1) is 4.63. The molecule has 0 aliphatic heterocycles. The minimum absolute atomic E-state index is 0.106. The normalized spacial score (nSPS) is 9.70. The topological polar surface area (TPSA) is 68.2 Å². The predicted octanol–water partition coefficient (Wildman–Crippen LogP) is -0.327. The molecule has 0 fully saturated rings. The highest BCUT2D eigenvalue weighted by Crippen LogP contribution is 2.11. The molecule has 1 heterocycles. The zero-order valence-electron chi connectivity index (χ0n) is 5.53. The van der Waals surface area contributed by atoms with E-state index in [0.717, 1.165) is 0 Å². The molecular weight excluding hydrogens is 132 g/mol. The van der Waals surface area contributed by atoms with Crippen LogP contribution < -0.4 is 11.3 Å². The number of aromatic hydroxyl groups is 1. The first kappa shape index (κ1) is 6.67. The Labute approximate surface area is 57.5 Å². The van der Waals surface area contributed by atoms with Crippen LogP contribution in [0.4, 0.5) is 5.69 Å². The Morgan fingerprint density at radius 2 is 2.30 bits per heavy atom. The average molecular weight is 140 g/mol. The van der Waals surface area contributed by atoms with Crippen LogP contribution in [-0.4, -0.2) is 9.67 Å². The van der Waals surface area contributed by atoms with E-state index >= 15 is 0 Å². The van der Waals surface area contributed by atoms with E-state index in [1.54, 1.807) is 7.05 Å². The number of aryl methyl sites for hydroxylation is 1. The second-order valence-electron chi connectivity index (χ2n) is 2.03. The van der Waals surface area contributed by atoms with E-state index in [1.165, 1.54) is 16.8 Å². The van der Waals surface area contributed by atoms with E-state index in [9.17, 15) is 4.79 Å². The van der Waals surface area contributed by atoms with Crippen LogP contribution in [0.25, 0.3) is 0 Å². The van der Waals surface area contributed by atoms with Gasteiger partial charge in [0.15, 0.2) is 0 Å². The van der Waals surface area contributed by atoms with Crippen LogP contribution in [0.15, 0.2) is 17.1 Å². The summed E-state index contributed by atoms with van der Waals surface area (Å²) in [5.41, 5.74) is 4.72. The molecule has 1 rings (SSSR count). The zero-order valence-corrected chi connectivity index (χ0v) is 5.53. The minimum Gasteiger partial charge on any atom is -0.506 e. The first-order valence-corrected chi connectivity index (χ1v) is 2.77. The van der Waals surface area contributed by atoms with E-state index < -0.39 is 0 Å². The maximum atomic E-state index is 10.9. The number of nitrogen functional groups attached to an aromatic ring is 1. The highest BCUT2D eigenvalue weighted by molar-refractivity contribution is 5.48. The number of pyridine rings is 1. The first-order valence-electron chi connectivity index (χ1n) is 2.77. The van der Waals surface area contributed by atoms with Crippen LogP contribution >= 0.6 is 0 Å². The lowest BCUT2D eigenvalue weighted by Crippen LogP contribution is -2.18. The Morgan fingerprint density at radius 1 is 1.70 bits per heavy atom. The molecular formula is C6H8N2O2. The van der Waals surface area contributed by atoms with Crippen molar-refractivity contribution in [2.75, 3.05) is 5.73 Å². The molecule has 0 bridgehead atoms. The standard InChI is InChI=1S/C6H8N2O2/c1-8-3-2-4(9)5(7)6(8)10/h2-3,9H,7H2,1H3. The number of nitrogens with zero attached hydrogens (tertiary/aromatic N) is 1. The van der Waals surface area contributed by atoms with Gasteiger partial charge in [0.05, 0.1) is 0 Å². The van der Waals surface area contributed by atoms with Crippen molar-refractivity contribution in [3.8, 4) is 5.75 Å². The Bertz CT molecular complexity index is 303. The molecule has 4 heteroatoms. The van der Waals surface area contributed by atoms with Crippen LogP contribution in [0.5, 0.6) is 5.75 Å². The minimum atomic E-state index is -0.375. The van der Waals surface area contributed by atoms with Crippen molar-refractivity contribution in [3.63, 3.8) is 0 Å². The fourth-order valence-corrected chi connectivity index (χ4v) is 0.639. The van der Waals surface area contributed by atoms with Crippen molar-refractivity contribution in [2.45, 2.75) is 0 Å². The molecule has 54 valence electrons. The number of hydrogen-bond donors (Lipinski definition) is 2. The van der Waals surface area contributed by atoms with Gasteiger partial charge in [0.25, 0.3) is 5.56 Å². The SMILES string of the molecule is Cn1ccc(O)c(N)c1=O. The number of anilines is 1. The third-order valence-corrected chi connectivity index (χ3v) is 1.28. The third-order valence-electron chi connectivity index (χ3n) is 1.28. The quantitative estimate of drug-likeness (QED) is 0.518. The number of nitrogens with two attached hydrogens (primary N) is 1. The molecule has 3 N–H and O–H groups in total. The zero-order chi connectivity index (χ0) is 7.72. The monoisotopic (exact) mass is 140 g/mol. The predicted molar refractivity (Wildman–Crippen MR) is 37.8 cm³/mol. The van der Waals surface area contributed by atoms with E-state index in [-0.39, 0.29) is 17.0 Å². The smallest absolute Gasteiger partial charge is 0.277 e. The van der Waals surface area contributed by atoms with Crippen molar-refractivity contribution in [1.82, 2.24) is 4.57 Å².